The third-order valence-corrected chi connectivity index (χ3v) is 7.20. The molecule has 150 valence electrons. The van der Waals surface area contributed by atoms with Crippen LogP contribution in [0.25, 0.3) is 0 Å². The third-order valence-electron chi connectivity index (χ3n) is 4.25. The van der Waals surface area contributed by atoms with Crippen molar-refractivity contribution < 1.29 is 4.79 Å². The number of carbonyl (C=O) groups is 1. The van der Waals surface area contributed by atoms with Gasteiger partial charge in [-0.2, -0.15) is 0 Å². The minimum atomic E-state index is -0.199. The van der Waals surface area contributed by atoms with E-state index in [0.29, 0.717) is 22.1 Å². The summed E-state index contributed by atoms with van der Waals surface area (Å²) in [7, 11) is 0. The van der Waals surface area contributed by atoms with Gasteiger partial charge in [-0.25, -0.2) is 4.98 Å². The summed E-state index contributed by atoms with van der Waals surface area (Å²) in [6.07, 6.45) is 0.769. The summed E-state index contributed by atoms with van der Waals surface area (Å²) in [5.41, 5.74) is 1.82. The highest BCUT2D eigenvalue weighted by Gasteiger charge is 2.26. The van der Waals surface area contributed by atoms with Crippen molar-refractivity contribution in [2.75, 3.05) is 11.1 Å². The van der Waals surface area contributed by atoms with E-state index >= 15 is 0 Å². The van der Waals surface area contributed by atoms with E-state index in [1.807, 2.05) is 37.3 Å². The largest absolute Gasteiger partial charge is 0.300 e. The molecule has 10 heteroatoms. The van der Waals surface area contributed by atoms with Crippen LogP contribution in [0.1, 0.15) is 23.2 Å². The van der Waals surface area contributed by atoms with Crippen LogP contribution in [0.15, 0.2) is 45.2 Å². The van der Waals surface area contributed by atoms with E-state index in [0.717, 1.165) is 27.6 Å². The van der Waals surface area contributed by atoms with E-state index in [4.69, 9.17) is 4.98 Å². The maximum atomic E-state index is 13.1. The lowest BCUT2D eigenvalue weighted by atomic mass is 10.2. The zero-order valence-corrected chi connectivity index (χ0v) is 18.4. The zero-order chi connectivity index (χ0) is 20.4. The van der Waals surface area contributed by atoms with Gasteiger partial charge < -0.3 is 0 Å². The first-order valence-corrected chi connectivity index (χ1v) is 11.7. The molecule has 0 unspecified atom stereocenters. The Labute approximate surface area is 180 Å². The van der Waals surface area contributed by atoms with Gasteiger partial charge in [-0.1, -0.05) is 60.4 Å². The molecule has 0 spiro atoms. The minimum Gasteiger partial charge on any atom is -0.300 e. The smallest absolute Gasteiger partial charge is 0.268 e. The third kappa shape index (κ3) is 4.71. The Kier molecular flexibility index (Phi) is 6.02. The summed E-state index contributed by atoms with van der Waals surface area (Å²) in [5.74, 6) is -0.0589. The summed E-state index contributed by atoms with van der Waals surface area (Å²) < 4.78 is 1.67. The molecule has 1 aromatic carbocycles. The molecule has 1 atom stereocenters. The normalized spacial score (nSPS) is 15.3. The van der Waals surface area contributed by atoms with Crippen LogP contribution in [0.3, 0.4) is 0 Å². The number of benzene rings is 1. The molecule has 1 aliphatic rings. The van der Waals surface area contributed by atoms with E-state index in [1.54, 1.807) is 16.3 Å². The molecular formula is C19H19N5O2S3. The van der Waals surface area contributed by atoms with Crippen molar-refractivity contribution in [3.05, 3.63) is 57.0 Å². The second-order valence-electron chi connectivity index (χ2n) is 6.64. The maximum absolute atomic E-state index is 13.1. The first-order chi connectivity index (χ1) is 14.0. The molecule has 7 nitrogen and oxygen atoms in total. The Hall–Kier alpha value is -2.17. The number of hydrogen-bond acceptors (Lipinski definition) is 8. The number of amides is 1. The van der Waals surface area contributed by atoms with Gasteiger partial charge in [0.05, 0.1) is 22.9 Å². The molecule has 1 N–H and O–H groups in total. The van der Waals surface area contributed by atoms with Gasteiger partial charge in [0.25, 0.3) is 5.56 Å². The van der Waals surface area contributed by atoms with E-state index < -0.39 is 0 Å². The standard InChI is InChI=1S/C19H19N5O2S3/c1-11-8-14-16(28-11)17(26)24(9-13-6-4-3-5-7-13)19(20-14)27-10-15(25)21-18-23-22-12(2)29-18/h3-7,11H,8-10H2,1-2H3,(H,21,23,25)/t11-/m0/s1. The molecule has 0 bridgehead atoms. The van der Waals surface area contributed by atoms with Crippen molar-refractivity contribution in [3.63, 3.8) is 0 Å². The average Bonchev–Trinajstić information content (AvgIpc) is 3.28. The van der Waals surface area contributed by atoms with Crippen molar-refractivity contribution in [2.24, 2.45) is 0 Å². The number of thioether (sulfide) groups is 2. The molecule has 2 aromatic heterocycles. The Morgan fingerprint density at radius 2 is 2.10 bits per heavy atom. The lowest BCUT2D eigenvalue weighted by Crippen LogP contribution is -2.26. The molecule has 3 heterocycles. The van der Waals surface area contributed by atoms with Crippen LogP contribution < -0.4 is 10.9 Å². The molecule has 1 aliphatic heterocycles. The SMILES string of the molecule is Cc1nnc(NC(=O)CSc2nc3c(c(=O)n2Cc2ccccc2)S[C@@H](C)C3)s1. The summed E-state index contributed by atoms with van der Waals surface area (Å²) in [6, 6.07) is 9.80. The number of anilines is 1. The van der Waals surface area contributed by atoms with Crippen molar-refractivity contribution in [2.45, 2.75) is 42.1 Å². The number of hydrogen-bond donors (Lipinski definition) is 1. The Morgan fingerprint density at radius 1 is 1.31 bits per heavy atom. The van der Waals surface area contributed by atoms with Gasteiger partial charge in [0.15, 0.2) is 5.16 Å². The van der Waals surface area contributed by atoms with Crippen LogP contribution in [-0.4, -0.2) is 36.7 Å². The molecule has 0 saturated heterocycles. The van der Waals surface area contributed by atoms with Crippen LogP contribution >= 0.6 is 34.9 Å². The van der Waals surface area contributed by atoms with Crippen molar-refractivity contribution in [1.82, 2.24) is 19.7 Å². The number of aryl methyl sites for hydroxylation is 1. The highest BCUT2D eigenvalue weighted by atomic mass is 32.2. The van der Waals surface area contributed by atoms with Crippen LogP contribution in [-0.2, 0) is 17.8 Å². The summed E-state index contributed by atoms with van der Waals surface area (Å²) in [6.45, 7) is 4.35. The van der Waals surface area contributed by atoms with Crippen molar-refractivity contribution >= 4 is 45.9 Å². The number of fused-ring (bicyclic) bond motifs is 1. The summed E-state index contributed by atoms with van der Waals surface area (Å²) in [5, 5.41) is 12.7. The molecule has 4 rings (SSSR count). The first-order valence-electron chi connectivity index (χ1n) is 9.06. The maximum Gasteiger partial charge on any atom is 0.268 e. The predicted molar refractivity (Wildman–Crippen MR) is 117 cm³/mol. The molecule has 1 amide bonds. The molecule has 0 radical (unpaired) electrons. The fourth-order valence-corrected chi connectivity index (χ4v) is 5.52. The van der Waals surface area contributed by atoms with E-state index in [-0.39, 0.29) is 17.2 Å². The Bertz CT molecular complexity index is 1100. The van der Waals surface area contributed by atoms with Gasteiger partial charge in [-0.3, -0.25) is 19.5 Å². The second-order valence-corrected chi connectivity index (χ2v) is 10.2. The number of nitrogens with one attached hydrogen (secondary N) is 1. The number of carbonyl (C=O) groups excluding carboxylic acids is 1. The fraction of sp³-hybridized carbons (Fsp3) is 0.316. The number of aromatic nitrogens is 4. The van der Waals surface area contributed by atoms with E-state index in [1.165, 1.54) is 23.1 Å². The molecule has 0 saturated carbocycles. The second kappa shape index (κ2) is 8.68. The lowest BCUT2D eigenvalue weighted by molar-refractivity contribution is -0.113. The molecule has 0 fully saturated rings. The minimum absolute atomic E-state index is 0.0316. The van der Waals surface area contributed by atoms with E-state index in [9.17, 15) is 9.59 Å². The number of rotatable bonds is 6. The topological polar surface area (TPSA) is 89.8 Å². The highest BCUT2D eigenvalue weighted by molar-refractivity contribution is 8.00. The van der Waals surface area contributed by atoms with Gasteiger partial charge in [-0.15, -0.1) is 22.0 Å². The first kappa shape index (κ1) is 20.1. The van der Waals surface area contributed by atoms with Gasteiger partial charge in [-0.05, 0) is 12.5 Å². The molecule has 0 aliphatic carbocycles. The van der Waals surface area contributed by atoms with Gasteiger partial charge in [0.1, 0.15) is 5.01 Å². The van der Waals surface area contributed by atoms with Gasteiger partial charge in [0.2, 0.25) is 11.0 Å². The van der Waals surface area contributed by atoms with Crippen molar-refractivity contribution in [3.8, 4) is 0 Å². The fourth-order valence-electron chi connectivity index (χ4n) is 2.98. The van der Waals surface area contributed by atoms with Crippen LogP contribution in [0.5, 0.6) is 0 Å². The van der Waals surface area contributed by atoms with Gasteiger partial charge >= 0.3 is 0 Å². The molecular weight excluding hydrogens is 426 g/mol. The highest BCUT2D eigenvalue weighted by Crippen LogP contribution is 2.34. The monoisotopic (exact) mass is 445 g/mol. The summed E-state index contributed by atoms with van der Waals surface area (Å²) >= 11 is 4.17. The molecule has 29 heavy (non-hydrogen) atoms. The summed E-state index contributed by atoms with van der Waals surface area (Å²) in [4.78, 5) is 30.9. The van der Waals surface area contributed by atoms with Crippen molar-refractivity contribution in [1.29, 1.82) is 0 Å². The van der Waals surface area contributed by atoms with Gasteiger partial charge in [0, 0.05) is 11.7 Å². The average molecular weight is 446 g/mol. The van der Waals surface area contributed by atoms with Crippen LogP contribution in [0, 0.1) is 6.92 Å². The predicted octanol–water partition coefficient (Wildman–Crippen LogP) is 3.22. The lowest BCUT2D eigenvalue weighted by Gasteiger charge is -2.13. The number of nitrogens with zero attached hydrogens (tertiary/aromatic N) is 4. The van der Waals surface area contributed by atoms with Crippen LogP contribution in [0.2, 0.25) is 0 Å². The van der Waals surface area contributed by atoms with Crippen LogP contribution in [0.4, 0.5) is 5.13 Å². The Balaban J connectivity index is 1.57. The van der Waals surface area contributed by atoms with E-state index in [2.05, 4.69) is 22.4 Å². The zero-order valence-electron chi connectivity index (χ0n) is 15.9. The quantitative estimate of drug-likeness (QED) is 0.460. The Morgan fingerprint density at radius 3 is 2.83 bits per heavy atom. The molecule has 3 aromatic rings.